The van der Waals surface area contributed by atoms with E-state index in [4.69, 9.17) is 0 Å². The Hall–Kier alpha value is 0.620. The maximum Gasteiger partial charge on any atom is 0.0783 e. The van der Waals surface area contributed by atoms with Crippen LogP contribution in [0.1, 0.15) is 0 Å². The largest absolute Gasteiger partial charge is 0.303 e. The summed E-state index contributed by atoms with van der Waals surface area (Å²) in [7, 11) is 0. The first kappa shape index (κ1) is 7.28. The van der Waals surface area contributed by atoms with Crippen LogP contribution in [-0.4, -0.2) is 35.3 Å². The van der Waals surface area contributed by atoms with Crippen LogP contribution in [0.15, 0.2) is 0 Å². The molecule has 0 radical (unpaired) electrons. The van der Waals surface area contributed by atoms with E-state index in [0.29, 0.717) is 10.7 Å². The van der Waals surface area contributed by atoms with Crippen LogP contribution in [-0.2, 0) is 0 Å². The van der Waals surface area contributed by atoms with Gasteiger partial charge in [0.2, 0.25) is 0 Å². The summed E-state index contributed by atoms with van der Waals surface area (Å²) in [6.45, 7) is 2.38. The van der Waals surface area contributed by atoms with Crippen molar-refractivity contribution in [3.8, 4) is 0 Å². The minimum absolute atomic E-state index is 0.674. The lowest BCUT2D eigenvalue weighted by molar-refractivity contribution is 0.613. The molecule has 2 N–H and O–H groups in total. The number of hydrogen-bond acceptors (Lipinski definition) is 4. The van der Waals surface area contributed by atoms with Gasteiger partial charge in [-0.2, -0.15) is 0 Å². The van der Waals surface area contributed by atoms with Crippen LogP contribution in [0.5, 0.6) is 0 Å². The van der Waals surface area contributed by atoms with Gasteiger partial charge in [0.15, 0.2) is 0 Å². The van der Waals surface area contributed by atoms with E-state index in [0.717, 1.165) is 0 Å². The Kier molecular flexibility index (Phi) is 2.43. The molecule has 0 amide bonds. The predicted molar refractivity (Wildman–Crippen MR) is 48.5 cm³/mol. The van der Waals surface area contributed by atoms with Crippen LogP contribution < -0.4 is 10.6 Å². The van der Waals surface area contributed by atoms with Gasteiger partial charge in [0.1, 0.15) is 0 Å². The molecular weight excluding hydrogens is 164 g/mol. The average Bonchev–Trinajstić information content (AvgIpc) is 2.59. The standard InChI is InChI=1S/C6H12N2S2/c1-3-9-5(7-1)6-8-2-4-10-6/h5-8H,1-4H2/t5-,6+. The van der Waals surface area contributed by atoms with Crippen molar-refractivity contribution in [2.24, 2.45) is 0 Å². The van der Waals surface area contributed by atoms with E-state index < -0.39 is 0 Å². The summed E-state index contributed by atoms with van der Waals surface area (Å²) in [4.78, 5) is 0. The fourth-order valence-corrected chi connectivity index (χ4v) is 3.74. The molecule has 0 unspecified atom stereocenters. The van der Waals surface area contributed by atoms with Crippen molar-refractivity contribution in [1.82, 2.24) is 10.6 Å². The van der Waals surface area contributed by atoms with Gasteiger partial charge >= 0.3 is 0 Å². The lowest BCUT2D eigenvalue weighted by Crippen LogP contribution is -2.37. The summed E-state index contributed by atoms with van der Waals surface area (Å²) in [5.74, 6) is 2.56. The zero-order chi connectivity index (χ0) is 6.81. The normalized spacial score (nSPS) is 40.8. The lowest BCUT2D eigenvalue weighted by Gasteiger charge is -2.16. The molecule has 2 nitrogen and oxygen atoms in total. The van der Waals surface area contributed by atoms with Crippen molar-refractivity contribution in [2.45, 2.75) is 10.7 Å². The lowest BCUT2D eigenvalue weighted by atomic mass is 10.5. The van der Waals surface area contributed by atoms with Gasteiger partial charge in [-0.05, 0) is 0 Å². The number of thioether (sulfide) groups is 2. The highest BCUT2D eigenvalue weighted by molar-refractivity contribution is 8.04. The molecule has 2 aliphatic rings. The molecule has 0 aromatic heterocycles. The molecule has 2 aliphatic heterocycles. The molecule has 2 rings (SSSR count). The first-order chi connectivity index (χ1) is 4.97. The Labute approximate surface area is 69.9 Å². The van der Waals surface area contributed by atoms with Crippen molar-refractivity contribution in [1.29, 1.82) is 0 Å². The van der Waals surface area contributed by atoms with Crippen molar-refractivity contribution in [3.05, 3.63) is 0 Å². The Morgan fingerprint density at radius 1 is 0.900 bits per heavy atom. The van der Waals surface area contributed by atoms with Gasteiger partial charge in [-0.3, -0.25) is 0 Å². The van der Waals surface area contributed by atoms with Gasteiger partial charge in [-0.25, -0.2) is 0 Å². The van der Waals surface area contributed by atoms with Gasteiger partial charge in [-0.15, -0.1) is 23.5 Å². The average molecular weight is 176 g/mol. The smallest absolute Gasteiger partial charge is 0.0783 e. The van der Waals surface area contributed by atoms with E-state index >= 15 is 0 Å². The van der Waals surface area contributed by atoms with Crippen molar-refractivity contribution in [3.63, 3.8) is 0 Å². The second-order valence-corrected chi connectivity index (χ2v) is 4.99. The predicted octanol–water partition coefficient (Wildman–Crippen LogP) is 0.311. The van der Waals surface area contributed by atoms with Crippen molar-refractivity contribution < 1.29 is 0 Å². The van der Waals surface area contributed by atoms with Crippen LogP contribution >= 0.6 is 23.5 Å². The fraction of sp³-hybridized carbons (Fsp3) is 1.00. The summed E-state index contributed by atoms with van der Waals surface area (Å²) >= 11 is 4.09. The zero-order valence-electron chi connectivity index (χ0n) is 5.80. The first-order valence-corrected chi connectivity index (χ1v) is 5.76. The third-order valence-electron chi connectivity index (χ3n) is 1.76. The highest BCUT2D eigenvalue weighted by Gasteiger charge is 2.27. The number of rotatable bonds is 1. The van der Waals surface area contributed by atoms with Crippen LogP contribution in [0.25, 0.3) is 0 Å². The minimum Gasteiger partial charge on any atom is -0.303 e. The van der Waals surface area contributed by atoms with E-state index in [1.165, 1.54) is 24.6 Å². The van der Waals surface area contributed by atoms with Gasteiger partial charge < -0.3 is 10.6 Å². The second-order valence-electron chi connectivity index (χ2n) is 2.49. The van der Waals surface area contributed by atoms with E-state index in [1.807, 2.05) is 23.5 Å². The second kappa shape index (κ2) is 3.34. The third-order valence-corrected chi connectivity index (χ3v) is 4.41. The highest BCUT2D eigenvalue weighted by atomic mass is 32.2. The molecule has 0 bridgehead atoms. The molecule has 2 saturated heterocycles. The monoisotopic (exact) mass is 176 g/mol. The molecule has 2 atom stereocenters. The molecular formula is C6H12N2S2. The van der Waals surface area contributed by atoms with Gasteiger partial charge in [0, 0.05) is 24.6 Å². The van der Waals surface area contributed by atoms with Crippen LogP contribution in [0.3, 0.4) is 0 Å². The molecule has 0 aromatic carbocycles. The minimum atomic E-state index is 0.674. The maximum atomic E-state index is 3.48. The number of hydrogen-bond donors (Lipinski definition) is 2. The maximum absolute atomic E-state index is 3.48. The summed E-state index contributed by atoms with van der Waals surface area (Å²) in [5.41, 5.74) is 0. The van der Waals surface area contributed by atoms with Crippen LogP contribution in [0.2, 0.25) is 0 Å². The zero-order valence-corrected chi connectivity index (χ0v) is 7.43. The first-order valence-electron chi connectivity index (χ1n) is 3.67. The number of nitrogens with one attached hydrogen (secondary N) is 2. The molecule has 58 valence electrons. The van der Waals surface area contributed by atoms with Gasteiger partial charge in [0.05, 0.1) is 10.7 Å². The summed E-state index contributed by atoms with van der Waals surface area (Å²) in [6, 6.07) is 0. The molecule has 0 aromatic rings. The van der Waals surface area contributed by atoms with Crippen molar-refractivity contribution >= 4 is 23.5 Å². The Morgan fingerprint density at radius 3 is 1.70 bits per heavy atom. The third kappa shape index (κ3) is 1.44. The van der Waals surface area contributed by atoms with E-state index in [1.54, 1.807) is 0 Å². The van der Waals surface area contributed by atoms with Crippen LogP contribution in [0.4, 0.5) is 0 Å². The quantitative estimate of drug-likeness (QED) is 0.600. The topological polar surface area (TPSA) is 24.1 Å². The van der Waals surface area contributed by atoms with E-state index in [9.17, 15) is 0 Å². The molecule has 0 saturated carbocycles. The molecule has 10 heavy (non-hydrogen) atoms. The molecule has 2 fully saturated rings. The Bertz CT molecular complexity index is 94.3. The fourth-order valence-electron chi connectivity index (χ4n) is 1.28. The summed E-state index contributed by atoms with van der Waals surface area (Å²) < 4.78 is 0. The molecule has 2 heterocycles. The van der Waals surface area contributed by atoms with E-state index in [2.05, 4.69) is 10.6 Å². The molecule has 4 heteroatoms. The Morgan fingerprint density at radius 2 is 1.40 bits per heavy atom. The highest BCUT2D eigenvalue weighted by Crippen LogP contribution is 2.26. The summed E-state index contributed by atoms with van der Waals surface area (Å²) in [6.07, 6.45) is 0. The van der Waals surface area contributed by atoms with Crippen LogP contribution in [0, 0.1) is 0 Å². The van der Waals surface area contributed by atoms with Gasteiger partial charge in [0.25, 0.3) is 0 Å². The van der Waals surface area contributed by atoms with Crippen molar-refractivity contribution in [2.75, 3.05) is 24.6 Å². The Balaban J connectivity index is 1.85. The SMILES string of the molecule is C1CS[C@H]([C@H]2NCCS2)N1. The van der Waals surface area contributed by atoms with Gasteiger partial charge in [-0.1, -0.05) is 0 Å². The summed E-state index contributed by atoms with van der Waals surface area (Å²) in [5, 5.41) is 8.30. The molecule has 0 aliphatic carbocycles. The molecule has 0 spiro atoms. The van der Waals surface area contributed by atoms with E-state index in [-0.39, 0.29) is 0 Å².